The Labute approximate surface area is 203 Å². The first-order valence-electron chi connectivity index (χ1n) is 13.6. The Morgan fingerprint density at radius 2 is 1.47 bits per heavy atom. The van der Waals surface area contributed by atoms with E-state index >= 15 is 0 Å². The van der Waals surface area contributed by atoms with E-state index in [4.69, 9.17) is 0 Å². The summed E-state index contributed by atoms with van der Waals surface area (Å²) in [7, 11) is 0. The molecule has 2 aromatic rings. The topological polar surface area (TPSA) is 84.2 Å². The molecule has 3 heterocycles. The summed E-state index contributed by atoms with van der Waals surface area (Å²) in [6.45, 7) is 4.00. The van der Waals surface area contributed by atoms with Gasteiger partial charge < -0.3 is 15.0 Å². The molecule has 4 bridgehead atoms. The number of fused-ring (bicyclic) bond motifs is 5. The second-order valence-electron chi connectivity index (χ2n) is 10.4. The minimum absolute atomic E-state index is 0.0325. The van der Waals surface area contributed by atoms with Gasteiger partial charge in [0.1, 0.15) is 0 Å². The Morgan fingerprint density at radius 1 is 0.912 bits per heavy atom. The quantitative estimate of drug-likeness (QED) is 0.571. The molecule has 0 radical (unpaired) electrons. The summed E-state index contributed by atoms with van der Waals surface area (Å²) in [5.41, 5.74) is 0.425. The zero-order valence-electron chi connectivity index (χ0n) is 20.8. The first kappa shape index (κ1) is 24.9. The molecule has 2 unspecified atom stereocenters. The Morgan fingerprint density at radius 3 is 2.03 bits per heavy atom. The molecule has 0 amide bonds. The molecule has 4 aliphatic rings. The van der Waals surface area contributed by atoms with E-state index in [1.807, 2.05) is 32.0 Å². The highest BCUT2D eigenvalue weighted by molar-refractivity contribution is 5.88. The van der Waals surface area contributed by atoms with Gasteiger partial charge in [0.15, 0.2) is 0 Å². The SMILES string of the molecule is C1CC2CCCC(C1)C2.CC.O=C(O)c1nc2ccccc2n(C2CC3CCCC(C2)N3)c1=O. The van der Waals surface area contributed by atoms with Crippen LogP contribution in [0.15, 0.2) is 29.1 Å². The molecule has 2 atom stereocenters. The highest BCUT2D eigenvalue weighted by atomic mass is 16.4. The van der Waals surface area contributed by atoms with E-state index < -0.39 is 11.5 Å². The van der Waals surface area contributed by atoms with Gasteiger partial charge in [-0.1, -0.05) is 70.9 Å². The third-order valence-corrected chi connectivity index (χ3v) is 8.17. The maximum Gasteiger partial charge on any atom is 0.360 e. The van der Waals surface area contributed by atoms with Gasteiger partial charge >= 0.3 is 5.97 Å². The summed E-state index contributed by atoms with van der Waals surface area (Å²) in [6.07, 6.45) is 16.1. The van der Waals surface area contributed by atoms with Crippen molar-refractivity contribution >= 4 is 17.0 Å². The van der Waals surface area contributed by atoms with Crippen LogP contribution in [0.1, 0.15) is 107 Å². The summed E-state index contributed by atoms with van der Waals surface area (Å²) in [4.78, 5) is 28.2. The van der Waals surface area contributed by atoms with Gasteiger partial charge in [0.2, 0.25) is 5.69 Å². The van der Waals surface area contributed by atoms with E-state index in [0.717, 1.165) is 43.0 Å². The number of carbonyl (C=O) groups is 1. The summed E-state index contributed by atoms with van der Waals surface area (Å²) >= 11 is 0. The van der Waals surface area contributed by atoms with Gasteiger partial charge in [0.05, 0.1) is 11.0 Å². The molecule has 0 spiro atoms. The molecule has 2 saturated heterocycles. The van der Waals surface area contributed by atoms with Crippen LogP contribution in [0.5, 0.6) is 0 Å². The highest BCUT2D eigenvalue weighted by Gasteiger charge is 2.34. The predicted octanol–water partition coefficient (Wildman–Crippen LogP) is 5.94. The van der Waals surface area contributed by atoms with Gasteiger partial charge in [-0.15, -0.1) is 0 Å². The Balaban J connectivity index is 0.000000207. The number of carboxylic acid groups (broad SMARTS) is 1. The zero-order chi connectivity index (χ0) is 24.1. The van der Waals surface area contributed by atoms with Gasteiger partial charge in [-0.3, -0.25) is 4.79 Å². The normalized spacial score (nSPS) is 29.8. The number of rotatable bonds is 2. The lowest BCUT2D eigenvalue weighted by Crippen LogP contribution is -2.50. The molecule has 6 nitrogen and oxygen atoms in total. The van der Waals surface area contributed by atoms with Crippen LogP contribution >= 0.6 is 0 Å². The van der Waals surface area contributed by atoms with Crippen molar-refractivity contribution in [1.82, 2.24) is 14.9 Å². The third-order valence-electron chi connectivity index (χ3n) is 8.17. The molecule has 2 saturated carbocycles. The van der Waals surface area contributed by atoms with Crippen molar-refractivity contribution in [3.8, 4) is 0 Å². The Bertz CT molecular complexity index is 1000. The number of nitrogens with one attached hydrogen (secondary N) is 1. The van der Waals surface area contributed by atoms with Crippen molar-refractivity contribution in [1.29, 1.82) is 0 Å². The third kappa shape index (κ3) is 5.54. The second-order valence-corrected chi connectivity index (χ2v) is 10.4. The van der Waals surface area contributed by atoms with E-state index in [2.05, 4.69) is 10.3 Å². The monoisotopic (exact) mass is 467 g/mol. The largest absolute Gasteiger partial charge is 0.476 e. The van der Waals surface area contributed by atoms with Gasteiger partial charge in [-0.2, -0.15) is 0 Å². The van der Waals surface area contributed by atoms with Crippen molar-refractivity contribution < 1.29 is 9.90 Å². The fourth-order valence-corrected chi connectivity index (χ4v) is 6.72. The van der Waals surface area contributed by atoms with Crippen molar-refractivity contribution in [3.05, 3.63) is 40.3 Å². The molecule has 2 N–H and O–H groups in total. The molecule has 1 aromatic carbocycles. The number of carboxylic acids is 1. The van der Waals surface area contributed by atoms with Gasteiger partial charge in [0, 0.05) is 18.1 Å². The average molecular weight is 468 g/mol. The van der Waals surface area contributed by atoms with E-state index in [0.29, 0.717) is 17.6 Å². The molecule has 6 heteroatoms. The Hall–Kier alpha value is -2.21. The molecule has 34 heavy (non-hydrogen) atoms. The first-order chi connectivity index (χ1) is 16.6. The van der Waals surface area contributed by atoms with Crippen molar-refractivity contribution in [3.63, 3.8) is 0 Å². The van der Waals surface area contributed by atoms with E-state index in [-0.39, 0.29) is 11.7 Å². The second kappa shape index (κ2) is 11.5. The van der Waals surface area contributed by atoms with Crippen molar-refractivity contribution in [2.75, 3.05) is 0 Å². The number of aromatic carboxylic acids is 1. The molecule has 4 fully saturated rings. The maximum absolute atomic E-state index is 12.7. The van der Waals surface area contributed by atoms with Crippen LogP contribution in [0.4, 0.5) is 0 Å². The molecular weight excluding hydrogens is 426 g/mol. The minimum atomic E-state index is -1.26. The van der Waals surface area contributed by atoms with Crippen LogP contribution in [-0.2, 0) is 0 Å². The number of para-hydroxylation sites is 2. The van der Waals surface area contributed by atoms with E-state index in [9.17, 15) is 14.7 Å². The van der Waals surface area contributed by atoms with E-state index in [1.165, 1.54) is 19.3 Å². The number of nitrogens with zero attached hydrogens (tertiary/aromatic N) is 2. The lowest BCUT2D eigenvalue weighted by molar-refractivity contribution is 0.0687. The number of hydrogen-bond acceptors (Lipinski definition) is 4. The molecule has 186 valence electrons. The van der Waals surface area contributed by atoms with Gasteiger partial charge in [-0.05, 0) is 56.1 Å². The number of benzene rings is 1. The van der Waals surface area contributed by atoms with E-state index in [1.54, 1.807) is 42.7 Å². The Kier molecular flexibility index (Phi) is 8.41. The average Bonchev–Trinajstić information content (AvgIpc) is 2.85. The van der Waals surface area contributed by atoms with Crippen LogP contribution in [-0.4, -0.2) is 32.7 Å². The van der Waals surface area contributed by atoms with Crippen molar-refractivity contribution in [2.24, 2.45) is 11.8 Å². The van der Waals surface area contributed by atoms with Gasteiger partial charge in [0.25, 0.3) is 5.56 Å². The smallest absolute Gasteiger partial charge is 0.360 e. The predicted molar refractivity (Wildman–Crippen MR) is 136 cm³/mol. The van der Waals surface area contributed by atoms with Crippen LogP contribution < -0.4 is 10.9 Å². The number of aromatic nitrogens is 2. The molecule has 6 rings (SSSR count). The standard InChI is InChI=1S/C17H19N3O3.C9H16.C2H6/c21-16-15(17(22)23)19-13-6-1-2-7-14(13)20(16)12-8-10-4-3-5-11(9-12)18-10;1-3-8-5-2-6-9(4-1)7-8;1-2/h1-2,6-7,10-12,18H,3-5,8-9H2,(H,22,23);8-9H,1-7H2;1-2H3. The lowest BCUT2D eigenvalue weighted by atomic mass is 9.72. The summed E-state index contributed by atoms with van der Waals surface area (Å²) < 4.78 is 1.68. The van der Waals surface area contributed by atoms with Gasteiger partial charge in [-0.25, -0.2) is 9.78 Å². The molecule has 2 aliphatic heterocycles. The molecular formula is C28H41N3O3. The highest BCUT2D eigenvalue weighted by Crippen LogP contribution is 2.39. The minimum Gasteiger partial charge on any atom is -0.476 e. The summed E-state index contributed by atoms with van der Waals surface area (Å²) in [6, 6.07) is 8.16. The van der Waals surface area contributed by atoms with Crippen LogP contribution in [0.25, 0.3) is 11.0 Å². The summed E-state index contributed by atoms with van der Waals surface area (Å²) in [5.74, 6) is 1.04. The fourth-order valence-electron chi connectivity index (χ4n) is 6.72. The number of piperidine rings is 2. The summed E-state index contributed by atoms with van der Waals surface area (Å²) in [5, 5.41) is 12.9. The molecule has 2 aliphatic carbocycles. The first-order valence-corrected chi connectivity index (χ1v) is 13.6. The molecule has 1 aromatic heterocycles. The van der Waals surface area contributed by atoms with Crippen LogP contribution in [0.3, 0.4) is 0 Å². The lowest BCUT2D eigenvalue weighted by Gasteiger charge is -2.41. The van der Waals surface area contributed by atoms with Crippen LogP contribution in [0, 0.1) is 11.8 Å². The fraction of sp³-hybridized carbons (Fsp3) is 0.679. The maximum atomic E-state index is 12.7. The zero-order valence-corrected chi connectivity index (χ0v) is 20.8. The van der Waals surface area contributed by atoms with Crippen LogP contribution in [0.2, 0.25) is 0 Å². The van der Waals surface area contributed by atoms with Crippen molar-refractivity contribution in [2.45, 2.75) is 109 Å². The number of hydrogen-bond donors (Lipinski definition) is 2.